The van der Waals surface area contributed by atoms with Crippen molar-refractivity contribution in [3.8, 4) is 73.2 Å². The summed E-state index contributed by atoms with van der Waals surface area (Å²) in [6.45, 7) is 4.76. The van der Waals surface area contributed by atoms with Crippen molar-refractivity contribution in [2.24, 2.45) is 0 Å². The van der Waals surface area contributed by atoms with Crippen LogP contribution < -0.4 is 0 Å². The first-order valence-corrected chi connectivity index (χ1v) is 29.1. The van der Waals surface area contributed by atoms with E-state index in [1.165, 1.54) is 94.6 Å². The Morgan fingerprint density at radius 3 is 1.49 bits per heavy atom. The van der Waals surface area contributed by atoms with Gasteiger partial charge in [-0.15, -0.1) is 0 Å². The minimum atomic E-state index is -0.582. The minimum Gasteiger partial charge on any atom is -0.278 e. The van der Waals surface area contributed by atoms with Crippen LogP contribution >= 0.6 is 0 Å². The molecule has 2 aromatic heterocycles. The van der Waals surface area contributed by atoms with Crippen LogP contribution in [0.25, 0.3) is 95.0 Å². The Hall–Kier alpha value is -10.6. The number of para-hydroxylation sites is 1. The van der Waals surface area contributed by atoms with Crippen molar-refractivity contribution in [2.45, 2.75) is 30.6 Å². The fourth-order valence-corrected chi connectivity index (χ4v) is 14.3. The van der Waals surface area contributed by atoms with Crippen LogP contribution in [0.5, 0.6) is 0 Å². The predicted molar refractivity (Wildman–Crippen MR) is 345 cm³/mol. The molecule has 2 aliphatic rings. The number of nitrogens with zero attached hydrogens (tertiary/aromatic N) is 4. The third-order valence-corrected chi connectivity index (χ3v) is 18.0. The summed E-state index contributed by atoms with van der Waals surface area (Å²) in [5.41, 5.74) is 24.3. The molecule has 0 aliphatic heterocycles. The van der Waals surface area contributed by atoms with Crippen LogP contribution in [0.3, 0.4) is 0 Å². The molecule has 4 nitrogen and oxygen atoms in total. The number of hydrogen-bond acceptors (Lipinski definition) is 3. The van der Waals surface area contributed by atoms with Crippen LogP contribution in [0, 0.1) is 0 Å². The van der Waals surface area contributed by atoms with Crippen molar-refractivity contribution in [1.29, 1.82) is 0 Å². The largest absolute Gasteiger partial charge is 0.278 e. The first-order valence-electron chi connectivity index (χ1n) is 29.1. The lowest BCUT2D eigenvalue weighted by Crippen LogP contribution is -2.29. The summed E-state index contributed by atoms with van der Waals surface area (Å²) >= 11 is 0. The Labute approximate surface area is 489 Å². The third-order valence-electron chi connectivity index (χ3n) is 18.0. The van der Waals surface area contributed by atoms with Gasteiger partial charge in [-0.05, 0) is 119 Å². The van der Waals surface area contributed by atoms with Gasteiger partial charge in [0.25, 0.3) is 0 Å². The highest BCUT2D eigenvalue weighted by Crippen LogP contribution is 2.58. The molecule has 0 saturated carbocycles. The standard InChI is InChI=1S/C80H56N4/c1-79(2)70-44-25-41-62(75(70)67-50-66-65-40-20-23-45-72(65)84(73(66)51-71(67)79)78-82-76(54-30-12-5-13-31-54)81-77(83-78)55-32-14-6-15-33-55)56-34-24-35-57(46-56)74(53-28-10-4-11-29-53)59-47-58(52-26-8-3-9-27-52)48-61(49-59)80(60-36-16-7-17-37-60)68-42-21-18-38-63(68)64-39-19-22-43-69(64)80/h3-51,74H,1-2H3/t74-/m0/s1. The number of hydrogen-bond donors (Lipinski definition) is 0. The lowest BCUT2D eigenvalue weighted by atomic mass is 9.66. The molecule has 0 radical (unpaired) electrons. The Kier molecular flexibility index (Phi) is 11.5. The molecule has 14 aromatic rings. The highest BCUT2D eigenvalue weighted by molar-refractivity contribution is 6.12. The molecule has 1 atom stereocenters. The molecule has 396 valence electrons. The third kappa shape index (κ3) is 7.71. The molecule has 12 aromatic carbocycles. The zero-order valence-electron chi connectivity index (χ0n) is 46.7. The van der Waals surface area contributed by atoms with E-state index in [0.29, 0.717) is 17.6 Å². The molecular weight excluding hydrogens is 1020 g/mol. The van der Waals surface area contributed by atoms with Crippen molar-refractivity contribution < 1.29 is 0 Å². The van der Waals surface area contributed by atoms with E-state index < -0.39 is 5.41 Å². The summed E-state index contributed by atoms with van der Waals surface area (Å²) in [6.07, 6.45) is 0. The fourth-order valence-electron chi connectivity index (χ4n) is 14.3. The van der Waals surface area contributed by atoms with Crippen LogP contribution in [0.1, 0.15) is 69.8 Å². The normalized spacial score (nSPS) is 13.7. The molecular formula is C80H56N4. The van der Waals surface area contributed by atoms with Gasteiger partial charge in [-0.3, -0.25) is 4.57 Å². The fraction of sp³-hybridized carbons (Fsp3) is 0.0625. The quantitative estimate of drug-likeness (QED) is 0.128. The zero-order valence-corrected chi connectivity index (χ0v) is 46.7. The number of aromatic nitrogens is 4. The van der Waals surface area contributed by atoms with Gasteiger partial charge in [0, 0.05) is 33.2 Å². The van der Waals surface area contributed by atoms with E-state index in [4.69, 9.17) is 15.0 Å². The summed E-state index contributed by atoms with van der Waals surface area (Å²) in [5.74, 6) is 1.74. The molecule has 4 heteroatoms. The van der Waals surface area contributed by atoms with Crippen LogP contribution in [0.4, 0.5) is 0 Å². The van der Waals surface area contributed by atoms with Crippen LogP contribution in [-0.2, 0) is 10.8 Å². The van der Waals surface area contributed by atoms with Gasteiger partial charge >= 0.3 is 0 Å². The van der Waals surface area contributed by atoms with Gasteiger partial charge in [0.2, 0.25) is 5.95 Å². The van der Waals surface area contributed by atoms with E-state index in [-0.39, 0.29) is 11.3 Å². The smallest absolute Gasteiger partial charge is 0.238 e. The summed E-state index contributed by atoms with van der Waals surface area (Å²) in [4.78, 5) is 15.6. The zero-order chi connectivity index (χ0) is 55.9. The summed E-state index contributed by atoms with van der Waals surface area (Å²) in [5, 5.41) is 2.30. The van der Waals surface area contributed by atoms with Crippen LogP contribution in [-0.4, -0.2) is 19.5 Å². The number of rotatable bonds is 10. The Bertz CT molecular complexity index is 4750. The summed E-state index contributed by atoms with van der Waals surface area (Å²) in [7, 11) is 0. The van der Waals surface area contributed by atoms with E-state index in [1.54, 1.807) is 0 Å². The average molecular weight is 1070 g/mol. The molecule has 2 heterocycles. The molecule has 2 aliphatic carbocycles. The molecule has 16 rings (SSSR count). The highest BCUT2D eigenvalue weighted by Gasteiger charge is 2.46. The van der Waals surface area contributed by atoms with E-state index >= 15 is 0 Å². The lowest BCUT2D eigenvalue weighted by Gasteiger charge is -2.35. The van der Waals surface area contributed by atoms with Gasteiger partial charge < -0.3 is 0 Å². The Balaban J connectivity index is 0.887. The molecule has 0 unspecified atom stereocenters. The van der Waals surface area contributed by atoms with Crippen molar-refractivity contribution in [1.82, 2.24) is 19.5 Å². The lowest BCUT2D eigenvalue weighted by molar-refractivity contribution is 0.661. The first-order chi connectivity index (χ1) is 41.4. The topological polar surface area (TPSA) is 43.6 Å². The molecule has 0 fully saturated rings. The second kappa shape index (κ2) is 19.6. The molecule has 0 amide bonds. The Morgan fingerprint density at radius 1 is 0.310 bits per heavy atom. The number of fused-ring (bicyclic) bond motifs is 9. The SMILES string of the molecule is CC1(C)c2cc3c(cc2-c2c(-c4cccc([C@H](c5ccccc5)c5cc(-c6ccccc6)cc(C6(c7ccccc7)c7ccccc7-c7ccccc76)c5)c4)cccc21)c1ccccc1n3-c1nc(-c2ccccc2)nc(-c2ccccc2)n1. The molecule has 0 N–H and O–H groups in total. The molecule has 0 spiro atoms. The van der Waals surface area contributed by atoms with Gasteiger partial charge in [-0.25, -0.2) is 4.98 Å². The monoisotopic (exact) mass is 1070 g/mol. The molecule has 84 heavy (non-hydrogen) atoms. The van der Waals surface area contributed by atoms with Gasteiger partial charge in [-0.2, -0.15) is 9.97 Å². The second-order valence-electron chi connectivity index (χ2n) is 23.0. The van der Waals surface area contributed by atoms with Gasteiger partial charge in [-0.1, -0.05) is 287 Å². The Morgan fingerprint density at radius 2 is 0.821 bits per heavy atom. The second-order valence-corrected chi connectivity index (χ2v) is 23.0. The first kappa shape index (κ1) is 49.3. The van der Waals surface area contributed by atoms with E-state index in [2.05, 4.69) is 279 Å². The van der Waals surface area contributed by atoms with Crippen molar-refractivity contribution in [3.05, 3.63) is 347 Å². The van der Waals surface area contributed by atoms with Crippen LogP contribution in [0.2, 0.25) is 0 Å². The summed E-state index contributed by atoms with van der Waals surface area (Å²) < 4.78 is 2.25. The number of benzene rings is 12. The van der Waals surface area contributed by atoms with Gasteiger partial charge in [0.15, 0.2) is 11.6 Å². The highest BCUT2D eigenvalue weighted by atomic mass is 15.2. The average Bonchev–Trinajstić information content (AvgIpc) is 1.83. The van der Waals surface area contributed by atoms with E-state index in [0.717, 1.165) is 32.9 Å². The van der Waals surface area contributed by atoms with Crippen molar-refractivity contribution >= 4 is 21.8 Å². The maximum atomic E-state index is 5.28. The predicted octanol–water partition coefficient (Wildman–Crippen LogP) is 19.5. The molecule has 0 bridgehead atoms. The van der Waals surface area contributed by atoms with Gasteiger partial charge in [0.1, 0.15) is 0 Å². The van der Waals surface area contributed by atoms with Crippen molar-refractivity contribution in [3.63, 3.8) is 0 Å². The molecule has 0 saturated heterocycles. The van der Waals surface area contributed by atoms with E-state index in [9.17, 15) is 0 Å². The maximum absolute atomic E-state index is 5.28. The summed E-state index contributed by atoms with van der Waals surface area (Å²) in [6, 6.07) is 109. The van der Waals surface area contributed by atoms with Crippen LogP contribution in [0.15, 0.2) is 297 Å². The maximum Gasteiger partial charge on any atom is 0.238 e. The van der Waals surface area contributed by atoms with Gasteiger partial charge in [0.05, 0.1) is 16.4 Å². The van der Waals surface area contributed by atoms with Crippen molar-refractivity contribution in [2.75, 3.05) is 0 Å². The minimum absolute atomic E-state index is 0.111. The van der Waals surface area contributed by atoms with E-state index in [1.807, 2.05) is 36.4 Å².